The van der Waals surface area contributed by atoms with Gasteiger partial charge in [-0.2, -0.15) is 0 Å². The standard InChI is InChI=1S/C22H27NO3/c1-25-18-2-3-19-17(7-21(24)26-20(19)8-18)12-23-13-22-9-14-4-15(10-22)6-16(5-14)11-22/h2-3,7-8,14-16,23H,4-6,9-13H2,1H3/p+1. The monoisotopic (exact) mass is 354 g/mol. The lowest BCUT2D eigenvalue weighted by Gasteiger charge is -2.56. The van der Waals surface area contributed by atoms with E-state index in [-0.39, 0.29) is 5.63 Å². The highest BCUT2D eigenvalue weighted by Crippen LogP contribution is 2.59. The third-order valence-electron chi connectivity index (χ3n) is 7.14. The number of quaternary nitrogens is 1. The molecule has 4 nitrogen and oxygen atoms in total. The van der Waals surface area contributed by atoms with Crippen molar-refractivity contribution in [2.24, 2.45) is 23.2 Å². The zero-order valence-electron chi connectivity index (χ0n) is 15.5. The van der Waals surface area contributed by atoms with E-state index in [4.69, 9.17) is 9.15 Å². The summed E-state index contributed by atoms with van der Waals surface area (Å²) in [5, 5.41) is 3.46. The summed E-state index contributed by atoms with van der Waals surface area (Å²) in [6.45, 7) is 2.05. The Morgan fingerprint density at radius 1 is 1.12 bits per heavy atom. The van der Waals surface area contributed by atoms with E-state index in [0.717, 1.165) is 41.0 Å². The molecule has 4 aliphatic carbocycles. The largest absolute Gasteiger partial charge is 0.497 e. The molecule has 4 heteroatoms. The van der Waals surface area contributed by atoms with Crippen LogP contribution >= 0.6 is 0 Å². The van der Waals surface area contributed by atoms with Crippen molar-refractivity contribution in [2.45, 2.75) is 45.1 Å². The van der Waals surface area contributed by atoms with Crippen LogP contribution in [0.1, 0.15) is 44.1 Å². The molecule has 2 N–H and O–H groups in total. The number of hydrogen-bond acceptors (Lipinski definition) is 3. The highest BCUT2D eigenvalue weighted by atomic mass is 16.5. The van der Waals surface area contributed by atoms with Gasteiger partial charge in [0.2, 0.25) is 0 Å². The maximum atomic E-state index is 12.0. The van der Waals surface area contributed by atoms with Crippen LogP contribution in [0.3, 0.4) is 0 Å². The molecule has 6 rings (SSSR count). The maximum Gasteiger partial charge on any atom is 0.336 e. The van der Waals surface area contributed by atoms with E-state index in [0.29, 0.717) is 11.0 Å². The lowest BCUT2D eigenvalue weighted by atomic mass is 9.49. The smallest absolute Gasteiger partial charge is 0.336 e. The molecular formula is C22H28NO3+. The number of rotatable bonds is 5. The molecule has 0 saturated heterocycles. The third-order valence-corrected chi connectivity index (χ3v) is 7.14. The van der Waals surface area contributed by atoms with E-state index < -0.39 is 0 Å². The summed E-state index contributed by atoms with van der Waals surface area (Å²) in [7, 11) is 1.63. The van der Waals surface area contributed by atoms with Gasteiger partial charge in [0.1, 0.15) is 17.9 Å². The van der Waals surface area contributed by atoms with Crippen LogP contribution in [-0.4, -0.2) is 13.7 Å². The zero-order valence-corrected chi connectivity index (χ0v) is 15.5. The van der Waals surface area contributed by atoms with Gasteiger partial charge >= 0.3 is 5.63 Å². The molecule has 1 heterocycles. The molecule has 0 unspecified atom stereocenters. The first kappa shape index (κ1) is 16.4. The van der Waals surface area contributed by atoms with Crippen molar-refractivity contribution in [1.82, 2.24) is 0 Å². The first-order chi connectivity index (χ1) is 12.6. The molecule has 26 heavy (non-hydrogen) atoms. The first-order valence-corrected chi connectivity index (χ1v) is 10.0. The Morgan fingerprint density at radius 3 is 2.46 bits per heavy atom. The molecule has 1 aromatic carbocycles. The van der Waals surface area contributed by atoms with Crippen molar-refractivity contribution in [1.29, 1.82) is 0 Å². The molecule has 0 spiro atoms. The molecule has 4 aliphatic rings. The SMILES string of the molecule is COc1ccc2c(C[NH2+]CC34CC5CC(CC(C5)C3)C4)cc(=O)oc2c1. The summed E-state index contributed by atoms with van der Waals surface area (Å²) in [6.07, 6.45) is 8.78. The van der Waals surface area contributed by atoms with E-state index in [1.165, 1.54) is 45.1 Å². The van der Waals surface area contributed by atoms with Gasteiger partial charge in [0, 0.05) is 28.5 Å². The summed E-state index contributed by atoms with van der Waals surface area (Å²) in [4.78, 5) is 12.0. The van der Waals surface area contributed by atoms with Gasteiger partial charge in [-0.25, -0.2) is 4.79 Å². The second-order valence-electron chi connectivity index (χ2n) is 9.07. The minimum Gasteiger partial charge on any atom is -0.497 e. The molecule has 2 aromatic rings. The van der Waals surface area contributed by atoms with Crippen molar-refractivity contribution >= 4 is 11.0 Å². The summed E-state index contributed by atoms with van der Waals surface area (Å²) in [6, 6.07) is 7.40. The fourth-order valence-corrected chi connectivity index (χ4v) is 6.58. The number of nitrogens with two attached hydrogens (primary N) is 1. The van der Waals surface area contributed by atoms with Gasteiger partial charge < -0.3 is 14.5 Å². The Kier molecular flexibility index (Phi) is 3.85. The van der Waals surface area contributed by atoms with Crippen LogP contribution in [0.4, 0.5) is 0 Å². The molecule has 0 radical (unpaired) electrons. The predicted molar refractivity (Wildman–Crippen MR) is 100 cm³/mol. The fourth-order valence-electron chi connectivity index (χ4n) is 6.58. The fraction of sp³-hybridized carbons (Fsp3) is 0.591. The van der Waals surface area contributed by atoms with Crippen LogP contribution in [0, 0.1) is 23.2 Å². The molecule has 4 saturated carbocycles. The van der Waals surface area contributed by atoms with Crippen LogP contribution in [0.5, 0.6) is 5.75 Å². The van der Waals surface area contributed by atoms with Gasteiger partial charge in [-0.1, -0.05) is 0 Å². The number of ether oxygens (including phenoxy) is 1. The molecule has 1 aromatic heterocycles. The summed E-state index contributed by atoms with van der Waals surface area (Å²) >= 11 is 0. The highest BCUT2D eigenvalue weighted by Gasteiger charge is 2.51. The molecule has 138 valence electrons. The topological polar surface area (TPSA) is 56.0 Å². The number of methoxy groups -OCH3 is 1. The van der Waals surface area contributed by atoms with E-state index in [2.05, 4.69) is 5.32 Å². The lowest BCUT2D eigenvalue weighted by Crippen LogP contribution is -2.86. The van der Waals surface area contributed by atoms with E-state index in [1.807, 2.05) is 12.1 Å². The minimum absolute atomic E-state index is 0.274. The molecule has 4 fully saturated rings. The van der Waals surface area contributed by atoms with Gasteiger partial charge in [0.05, 0.1) is 13.7 Å². The van der Waals surface area contributed by atoms with E-state index >= 15 is 0 Å². The Morgan fingerprint density at radius 2 is 1.81 bits per heavy atom. The number of hydrogen-bond donors (Lipinski definition) is 1. The van der Waals surface area contributed by atoms with Gasteiger partial charge in [-0.3, -0.25) is 0 Å². The highest BCUT2D eigenvalue weighted by molar-refractivity contribution is 5.81. The Labute approximate surface area is 153 Å². The van der Waals surface area contributed by atoms with Gasteiger partial charge in [-0.05, 0) is 68.4 Å². The van der Waals surface area contributed by atoms with Gasteiger partial charge in [-0.15, -0.1) is 0 Å². The van der Waals surface area contributed by atoms with E-state index in [1.54, 1.807) is 19.2 Å². The van der Waals surface area contributed by atoms with Crippen LogP contribution in [-0.2, 0) is 6.54 Å². The molecule has 4 bridgehead atoms. The van der Waals surface area contributed by atoms with Crippen molar-refractivity contribution in [3.8, 4) is 5.75 Å². The number of benzene rings is 1. The van der Waals surface area contributed by atoms with Crippen molar-refractivity contribution in [3.63, 3.8) is 0 Å². The van der Waals surface area contributed by atoms with Crippen LogP contribution < -0.4 is 15.7 Å². The second-order valence-corrected chi connectivity index (χ2v) is 9.07. The molecule has 0 amide bonds. The Balaban J connectivity index is 1.33. The average molecular weight is 354 g/mol. The van der Waals surface area contributed by atoms with Crippen molar-refractivity contribution in [3.05, 3.63) is 40.2 Å². The van der Waals surface area contributed by atoms with E-state index in [9.17, 15) is 4.79 Å². The van der Waals surface area contributed by atoms with Crippen molar-refractivity contribution in [2.75, 3.05) is 13.7 Å². The van der Waals surface area contributed by atoms with Crippen LogP contribution in [0.2, 0.25) is 0 Å². The minimum atomic E-state index is -0.274. The Hall–Kier alpha value is -1.81. The van der Waals surface area contributed by atoms with Gasteiger partial charge in [0.15, 0.2) is 0 Å². The molecule has 0 atom stereocenters. The Bertz CT molecular complexity index is 849. The summed E-state index contributed by atoms with van der Waals surface area (Å²) < 4.78 is 10.6. The lowest BCUT2D eigenvalue weighted by molar-refractivity contribution is -0.684. The van der Waals surface area contributed by atoms with Gasteiger partial charge in [0.25, 0.3) is 0 Å². The van der Waals surface area contributed by atoms with Crippen molar-refractivity contribution < 1.29 is 14.5 Å². The third kappa shape index (κ3) is 2.84. The normalized spacial score (nSPS) is 32.3. The molecule has 0 aliphatic heterocycles. The quantitative estimate of drug-likeness (QED) is 0.840. The van der Waals surface area contributed by atoms with Crippen LogP contribution in [0.15, 0.2) is 33.5 Å². The maximum absolute atomic E-state index is 12.0. The summed E-state index contributed by atoms with van der Waals surface area (Å²) in [5.74, 6) is 3.69. The zero-order chi connectivity index (χ0) is 17.7. The molecular weight excluding hydrogens is 326 g/mol. The second kappa shape index (κ2) is 6.12. The predicted octanol–water partition coefficient (Wildman–Crippen LogP) is 3.08. The van der Waals surface area contributed by atoms with Crippen LogP contribution in [0.25, 0.3) is 11.0 Å². The number of fused-ring (bicyclic) bond motifs is 1. The first-order valence-electron chi connectivity index (χ1n) is 10.0. The summed E-state index contributed by atoms with van der Waals surface area (Å²) in [5.41, 5.74) is 1.98. The average Bonchev–Trinajstić information content (AvgIpc) is 2.59.